The molecule has 4 heteroatoms. The van der Waals surface area contributed by atoms with Gasteiger partial charge in [-0.15, -0.1) is 0 Å². The van der Waals surface area contributed by atoms with Crippen LogP contribution in [0.3, 0.4) is 0 Å². The maximum atomic E-state index is 10.3. The molecule has 0 N–H and O–H groups in total. The zero-order chi connectivity index (χ0) is 7.11. The first-order valence-electron chi connectivity index (χ1n) is 2.51. The van der Waals surface area contributed by atoms with Crippen molar-refractivity contribution in [2.75, 3.05) is 19.8 Å². The number of hydrogen-bond donors (Lipinski definition) is 0. The van der Waals surface area contributed by atoms with Gasteiger partial charge in [-0.05, 0) is 0 Å². The number of methoxy groups -OCH3 is 1. The molecule has 0 aromatic rings. The normalized spacial score (nSPS) is 9.11. The van der Waals surface area contributed by atoms with Crippen LogP contribution in [0.4, 0.5) is 0 Å². The van der Waals surface area contributed by atoms with Crippen LogP contribution in [-0.2, 0) is 14.3 Å². The van der Waals surface area contributed by atoms with Crippen molar-refractivity contribution in [3.63, 3.8) is 0 Å². The Labute approximate surface area is 58.9 Å². The van der Waals surface area contributed by atoms with Gasteiger partial charge in [-0.1, -0.05) is 11.6 Å². The minimum Gasteiger partial charge on any atom is -0.469 e. The third-order valence-electron chi connectivity index (χ3n) is 0.755. The number of rotatable bonds is 4. The van der Waals surface area contributed by atoms with Crippen LogP contribution < -0.4 is 0 Å². The molecule has 0 saturated carbocycles. The predicted octanol–water partition coefficient (Wildman–Crippen LogP) is 0.762. The summed E-state index contributed by atoms with van der Waals surface area (Å²) < 4.78 is 9.01. The number of halogens is 1. The van der Waals surface area contributed by atoms with E-state index in [0.717, 1.165) is 0 Å². The molecule has 54 valence electrons. The topological polar surface area (TPSA) is 35.5 Å². The van der Waals surface area contributed by atoms with Crippen LogP contribution in [0.25, 0.3) is 0 Å². The lowest BCUT2D eigenvalue weighted by atomic mass is 10.5. The molecule has 0 aromatic heterocycles. The van der Waals surface area contributed by atoms with Gasteiger partial charge in [0.15, 0.2) is 0 Å². The van der Waals surface area contributed by atoms with E-state index in [1.54, 1.807) is 0 Å². The van der Waals surface area contributed by atoms with Crippen molar-refractivity contribution >= 4 is 17.6 Å². The standard InChI is InChI=1S/C5H9ClO3/c1-8-5(7)2-3-9-4-6/h2-4H2,1H3. The monoisotopic (exact) mass is 152 g/mol. The van der Waals surface area contributed by atoms with E-state index in [2.05, 4.69) is 9.47 Å². The van der Waals surface area contributed by atoms with Crippen LogP contribution in [0.1, 0.15) is 6.42 Å². The summed E-state index contributed by atoms with van der Waals surface area (Å²) in [7, 11) is 1.34. The molecule has 0 aliphatic rings. The van der Waals surface area contributed by atoms with Gasteiger partial charge in [-0.3, -0.25) is 4.79 Å². The molecule has 0 bridgehead atoms. The number of ether oxygens (including phenoxy) is 2. The van der Waals surface area contributed by atoms with Crippen LogP contribution in [0, 0.1) is 0 Å². The quantitative estimate of drug-likeness (QED) is 0.339. The number of carbonyl (C=O) groups excluding carboxylic acids is 1. The average Bonchev–Trinajstić information content (AvgIpc) is 1.89. The Morgan fingerprint density at radius 2 is 2.33 bits per heavy atom. The van der Waals surface area contributed by atoms with Crippen LogP contribution in [0.5, 0.6) is 0 Å². The molecule has 0 amide bonds. The van der Waals surface area contributed by atoms with Crippen molar-refractivity contribution in [3.8, 4) is 0 Å². The lowest BCUT2D eigenvalue weighted by Gasteiger charge is -1.96. The van der Waals surface area contributed by atoms with Crippen molar-refractivity contribution in [2.24, 2.45) is 0 Å². The maximum absolute atomic E-state index is 10.3. The fourth-order valence-electron chi connectivity index (χ4n) is 0.312. The maximum Gasteiger partial charge on any atom is 0.307 e. The van der Waals surface area contributed by atoms with Gasteiger partial charge in [0, 0.05) is 0 Å². The third kappa shape index (κ3) is 5.59. The molecular formula is C5H9ClO3. The summed E-state index contributed by atoms with van der Waals surface area (Å²) in [6.07, 6.45) is 0.267. The molecular weight excluding hydrogens is 144 g/mol. The van der Waals surface area contributed by atoms with E-state index in [1.165, 1.54) is 7.11 Å². The first-order chi connectivity index (χ1) is 4.31. The Bertz CT molecular complexity index is 84.3. The van der Waals surface area contributed by atoms with E-state index in [9.17, 15) is 4.79 Å². The van der Waals surface area contributed by atoms with E-state index in [4.69, 9.17) is 11.6 Å². The molecule has 0 aromatic carbocycles. The van der Waals surface area contributed by atoms with E-state index in [1.807, 2.05) is 0 Å². The zero-order valence-electron chi connectivity index (χ0n) is 5.22. The Balaban J connectivity index is 2.97. The number of esters is 1. The smallest absolute Gasteiger partial charge is 0.307 e. The second kappa shape index (κ2) is 5.85. The molecule has 0 atom stereocenters. The summed E-state index contributed by atoms with van der Waals surface area (Å²) in [5.74, 6) is -0.278. The van der Waals surface area contributed by atoms with E-state index in [-0.39, 0.29) is 18.5 Å². The summed E-state index contributed by atoms with van der Waals surface area (Å²) in [6.45, 7) is 0.330. The van der Waals surface area contributed by atoms with Crippen molar-refractivity contribution in [2.45, 2.75) is 6.42 Å². The van der Waals surface area contributed by atoms with Gasteiger partial charge >= 0.3 is 5.97 Å². The fraction of sp³-hybridized carbons (Fsp3) is 0.800. The van der Waals surface area contributed by atoms with E-state index >= 15 is 0 Å². The highest BCUT2D eigenvalue weighted by atomic mass is 35.5. The number of carbonyl (C=O) groups is 1. The Morgan fingerprint density at radius 1 is 1.67 bits per heavy atom. The molecule has 0 radical (unpaired) electrons. The lowest BCUT2D eigenvalue weighted by molar-refractivity contribution is -0.141. The number of hydrogen-bond acceptors (Lipinski definition) is 3. The molecule has 9 heavy (non-hydrogen) atoms. The second-order valence-corrected chi connectivity index (χ2v) is 1.56. The molecule has 0 fully saturated rings. The summed E-state index contributed by atoms with van der Waals surface area (Å²) in [5, 5.41) is 0. The van der Waals surface area contributed by atoms with Gasteiger partial charge in [-0.2, -0.15) is 0 Å². The van der Waals surface area contributed by atoms with Gasteiger partial charge in [0.25, 0.3) is 0 Å². The fourth-order valence-corrected chi connectivity index (χ4v) is 0.421. The van der Waals surface area contributed by atoms with E-state index < -0.39 is 0 Å². The van der Waals surface area contributed by atoms with Crippen molar-refractivity contribution in [3.05, 3.63) is 0 Å². The highest BCUT2D eigenvalue weighted by Gasteiger charge is 1.97. The highest BCUT2D eigenvalue weighted by molar-refractivity contribution is 6.17. The minimum atomic E-state index is -0.278. The molecule has 3 nitrogen and oxygen atoms in total. The average molecular weight is 153 g/mol. The molecule has 0 aliphatic heterocycles. The largest absolute Gasteiger partial charge is 0.469 e. The predicted molar refractivity (Wildman–Crippen MR) is 33.3 cm³/mol. The van der Waals surface area contributed by atoms with Gasteiger partial charge < -0.3 is 9.47 Å². The van der Waals surface area contributed by atoms with Crippen LogP contribution in [0.15, 0.2) is 0 Å². The van der Waals surface area contributed by atoms with Crippen molar-refractivity contribution in [1.29, 1.82) is 0 Å². The highest BCUT2D eigenvalue weighted by Crippen LogP contribution is 1.86. The van der Waals surface area contributed by atoms with Gasteiger partial charge in [-0.25, -0.2) is 0 Å². The molecule has 0 unspecified atom stereocenters. The number of alkyl halides is 1. The van der Waals surface area contributed by atoms with Crippen LogP contribution >= 0.6 is 11.6 Å². The summed E-state index contributed by atoms with van der Waals surface area (Å²) in [6, 6.07) is 0.122. The summed E-state index contributed by atoms with van der Waals surface area (Å²) in [4.78, 5) is 10.3. The van der Waals surface area contributed by atoms with Crippen molar-refractivity contribution < 1.29 is 14.3 Å². The minimum absolute atomic E-state index is 0.122. The van der Waals surface area contributed by atoms with Gasteiger partial charge in [0.2, 0.25) is 0 Å². The summed E-state index contributed by atoms with van der Waals surface area (Å²) in [5.41, 5.74) is 0. The van der Waals surface area contributed by atoms with Gasteiger partial charge in [0.1, 0.15) is 6.07 Å². The second-order valence-electron chi connectivity index (χ2n) is 1.34. The third-order valence-corrected chi connectivity index (χ3v) is 0.910. The Morgan fingerprint density at radius 3 is 2.78 bits per heavy atom. The SMILES string of the molecule is COC(=O)CCOCCl. The van der Waals surface area contributed by atoms with Crippen molar-refractivity contribution in [1.82, 2.24) is 0 Å². The first-order valence-corrected chi connectivity index (χ1v) is 3.05. The Hall–Kier alpha value is -0.280. The molecule has 0 saturated heterocycles. The first kappa shape index (κ1) is 8.72. The van der Waals surface area contributed by atoms with E-state index in [0.29, 0.717) is 6.61 Å². The molecule has 0 aliphatic carbocycles. The lowest BCUT2D eigenvalue weighted by Crippen LogP contribution is -2.04. The van der Waals surface area contributed by atoms with Gasteiger partial charge in [0.05, 0.1) is 20.1 Å². The van der Waals surface area contributed by atoms with Crippen LogP contribution in [-0.4, -0.2) is 25.8 Å². The molecule has 0 heterocycles. The van der Waals surface area contributed by atoms with Crippen LogP contribution in [0.2, 0.25) is 0 Å². The Kier molecular flexibility index (Phi) is 5.67. The summed E-state index contributed by atoms with van der Waals surface area (Å²) >= 11 is 5.15. The molecule has 0 rings (SSSR count). The molecule has 0 spiro atoms. The zero-order valence-corrected chi connectivity index (χ0v) is 5.98.